The van der Waals surface area contributed by atoms with Crippen LogP contribution in [0.5, 0.6) is 0 Å². The van der Waals surface area contributed by atoms with E-state index in [-0.39, 0.29) is 4.83 Å². The van der Waals surface area contributed by atoms with Crippen molar-refractivity contribution in [3.8, 4) is 5.69 Å². The zero-order valence-electron chi connectivity index (χ0n) is 8.06. The average molecular weight is 331 g/mol. The van der Waals surface area contributed by atoms with E-state index in [9.17, 15) is 0 Å². The Morgan fingerprint density at radius 2 is 2.20 bits per heavy atom. The largest absolute Gasteiger partial charge is 0.220 e. The lowest BCUT2D eigenvalue weighted by atomic mass is 10.3. The summed E-state index contributed by atoms with van der Waals surface area (Å²) in [7, 11) is 0. The Balaban J connectivity index is 2.37. The van der Waals surface area contributed by atoms with E-state index in [1.165, 1.54) is 0 Å². The van der Waals surface area contributed by atoms with Crippen LogP contribution in [0.15, 0.2) is 34.9 Å². The van der Waals surface area contributed by atoms with Gasteiger partial charge in [-0.25, -0.2) is 4.68 Å². The van der Waals surface area contributed by atoms with Gasteiger partial charge in [0.2, 0.25) is 0 Å². The topological polar surface area (TPSA) is 30.7 Å². The Kier molecular flexibility index (Phi) is 3.21. The second-order valence-corrected chi connectivity index (χ2v) is 5.47. The minimum atomic E-state index is 0.221. The van der Waals surface area contributed by atoms with Crippen LogP contribution in [-0.2, 0) is 0 Å². The van der Waals surface area contributed by atoms with E-state index in [2.05, 4.69) is 42.2 Å². The molecular weight excluding hydrogens is 322 g/mol. The summed E-state index contributed by atoms with van der Waals surface area (Å²) in [5.41, 5.74) is 1.92. The number of aromatic nitrogens is 3. The molecule has 78 valence electrons. The molecular formula is C10H9Br2N3. The highest BCUT2D eigenvalue weighted by Crippen LogP contribution is 2.20. The molecule has 0 N–H and O–H groups in total. The monoisotopic (exact) mass is 329 g/mol. The highest BCUT2D eigenvalue weighted by molar-refractivity contribution is 9.10. The van der Waals surface area contributed by atoms with Gasteiger partial charge in [-0.1, -0.05) is 43.1 Å². The third kappa shape index (κ3) is 2.46. The first-order valence-corrected chi connectivity index (χ1v) is 6.20. The summed E-state index contributed by atoms with van der Waals surface area (Å²) in [6.07, 6.45) is 1.92. The molecule has 0 bridgehead atoms. The molecule has 2 rings (SSSR count). The van der Waals surface area contributed by atoms with Crippen LogP contribution in [0.1, 0.15) is 17.4 Å². The Hall–Kier alpha value is -0.680. The number of rotatable bonds is 2. The highest BCUT2D eigenvalue weighted by atomic mass is 79.9. The van der Waals surface area contributed by atoms with Crippen molar-refractivity contribution in [2.24, 2.45) is 0 Å². The maximum absolute atomic E-state index is 4.07. The summed E-state index contributed by atoms with van der Waals surface area (Å²) in [6, 6.07) is 7.94. The number of hydrogen-bond acceptors (Lipinski definition) is 2. The minimum Gasteiger partial charge on any atom is -0.220 e. The second kappa shape index (κ2) is 4.45. The van der Waals surface area contributed by atoms with Crippen molar-refractivity contribution >= 4 is 31.9 Å². The van der Waals surface area contributed by atoms with Crippen molar-refractivity contribution in [2.75, 3.05) is 0 Å². The van der Waals surface area contributed by atoms with Gasteiger partial charge in [0.15, 0.2) is 0 Å². The highest BCUT2D eigenvalue weighted by Gasteiger charge is 2.07. The molecule has 1 heterocycles. The van der Waals surface area contributed by atoms with Gasteiger partial charge in [0.25, 0.3) is 0 Å². The maximum Gasteiger partial charge on any atom is 0.0965 e. The lowest BCUT2D eigenvalue weighted by Crippen LogP contribution is -1.94. The van der Waals surface area contributed by atoms with Gasteiger partial charge in [-0.2, -0.15) is 0 Å². The van der Waals surface area contributed by atoms with E-state index in [0.29, 0.717) is 0 Å². The fraction of sp³-hybridized carbons (Fsp3) is 0.200. The molecule has 0 radical (unpaired) electrons. The van der Waals surface area contributed by atoms with E-state index in [0.717, 1.165) is 15.9 Å². The predicted octanol–water partition coefficient (Wildman–Crippen LogP) is 3.49. The van der Waals surface area contributed by atoms with E-state index in [4.69, 9.17) is 0 Å². The van der Waals surface area contributed by atoms with Crippen LogP contribution in [0.4, 0.5) is 0 Å². The van der Waals surface area contributed by atoms with Crippen LogP contribution in [0.3, 0.4) is 0 Å². The van der Waals surface area contributed by atoms with Gasteiger partial charge in [0.05, 0.1) is 22.4 Å². The van der Waals surface area contributed by atoms with Crippen LogP contribution < -0.4 is 0 Å². The molecule has 3 nitrogen and oxygen atoms in total. The third-order valence-corrected chi connectivity index (χ3v) is 2.95. The molecule has 0 saturated heterocycles. The lowest BCUT2D eigenvalue weighted by Gasteiger charge is -1.99. The van der Waals surface area contributed by atoms with Gasteiger partial charge in [-0.05, 0) is 25.1 Å². The van der Waals surface area contributed by atoms with Gasteiger partial charge in [-0.3, -0.25) is 0 Å². The molecule has 1 unspecified atom stereocenters. The van der Waals surface area contributed by atoms with E-state index in [1.807, 2.05) is 37.4 Å². The Labute approximate surface area is 105 Å². The number of halogens is 2. The number of alkyl halides is 1. The molecule has 0 aliphatic heterocycles. The van der Waals surface area contributed by atoms with Crippen LogP contribution in [-0.4, -0.2) is 15.0 Å². The van der Waals surface area contributed by atoms with Crippen molar-refractivity contribution in [1.82, 2.24) is 15.0 Å². The van der Waals surface area contributed by atoms with Gasteiger partial charge < -0.3 is 0 Å². The molecule has 0 amide bonds. The molecule has 15 heavy (non-hydrogen) atoms. The van der Waals surface area contributed by atoms with Crippen molar-refractivity contribution < 1.29 is 0 Å². The van der Waals surface area contributed by atoms with Crippen LogP contribution in [0.2, 0.25) is 0 Å². The zero-order chi connectivity index (χ0) is 10.8. The molecule has 0 fully saturated rings. The van der Waals surface area contributed by atoms with Crippen LogP contribution in [0.25, 0.3) is 5.69 Å². The molecule has 1 aromatic heterocycles. The minimum absolute atomic E-state index is 0.221. The molecule has 0 saturated carbocycles. The van der Waals surface area contributed by atoms with Crippen molar-refractivity contribution in [3.63, 3.8) is 0 Å². The molecule has 0 aliphatic carbocycles. The first-order chi connectivity index (χ1) is 7.16. The maximum atomic E-state index is 4.07. The summed E-state index contributed by atoms with van der Waals surface area (Å²) in [4.78, 5) is 0.221. The second-order valence-electron chi connectivity index (χ2n) is 3.18. The predicted molar refractivity (Wildman–Crippen MR) is 66.4 cm³/mol. The molecule has 1 aromatic carbocycles. The molecule has 0 aliphatic rings. The van der Waals surface area contributed by atoms with Crippen LogP contribution >= 0.6 is 31.9 Å². The number of benzene rings is 1. The Morgan fingerprint density at radius 3 is 2.80 bits per heavy atom. The van der Waals surface area contributed by atoms with Crippen LogP contribution in [0, 0.1) is 0 Å². The first-order valence-electron chi connectivity index (χ1n) is 4.49. The third-order valence-electron chi connectivity index (χ3n) is 1.99. The van der Waals surface area contributed by atoms with Gasteiger partial charge in [0, 0.05) is 4.47 Å². The summed E-state index contributed by atoms with van der Waals surface area (Å²) < 4.78 is 2.79. The van der Waals surface area contributed by atoms with Gasteiger partial charge >= 0.3 is 0 Å². The zero-order valence-corrected chi connectivity index (χ0v) is 11.2. The first kappa shape index (κ1) is 10.8. The summed E-state index contributed by atoms with van der Waals surface area (Å²) in [5.74, 6) is 0. The fourth-order valence-corrected chi connectivity index (χ4v) is 1.80. The summed E-state index contributed by atoms with van der Waals surface area (Å²) in [5, 5.41) is 8.14. The van der Waals surface area contributed by atoms with Gasteiger partial charge in [0.1, 0.15) is 0 Å². The number of hydrogen-bond donors (Lipinski definition) is 0. The quantitative estimate of drug-likeness (QED) is 0.789. The van der Waals surface area contributed by atoms with Gasteiger partial charge in [-0.15, -0.1) is 5.10 Å². The Bertz CT molecular complexity index is 465. The van der Waals surface area contributed by atoms with Crippen molar-refractivity contribution in [3.05, 3.63) is 40.6 Å². The fourth-order valence-electron chi connectivity index (χ4n) is 1.20. The normalized spacial score (nSPS) is 12.7. The number of nitrogens with zero attached hydrogens (tertiary/aromatic N) is 3. The molecule has 2 aromatic rings. The standard InChI is InChI=1S/C10H9Br2N3/c1-7(11)10-6-15(14-13-10)9-4-2-3-8(12)5-9/h2-7H,1H3. The molecule has 0 spiro atoms. The summed E-state index contributed by atoms with van der Waals surface area (Å²) in [6.45, 7) is 2.02. The van der Waals surface area contributed by atoms with E-state index >= 15 is 0 Å². The smallest absolute Gasteiger partial charge is 0.0965 e. The average Bonchev–Trinajstić information content (AvgIpc) is 2.66. The summed E-state index contributed by atoms with van der Waals surface area (Å²) >= 11 is 6.88. The van der Waals surface area contributed by atoms with E-state index in [1.54, 1.807) is 4.68 Å². The molecule has 5 heteroatoms. The Morgan fingerprint density at radius 1 is 1.40 bits per heavy atom. The lowest BCUT2D eigenvalue weighted by molar-refractivity contribution is 0.797. The molecule has 1 atom stereocenters. The van der Waals surface area contributed by atoms with E-state index < -0.39 is 0 Å². The van der Waals surface area contributed by atoms with Crippen molar-refractivity contribution in [1.29, 1.82) is 0 Å². The SMILES string of the molecule is CC(Br)c1cn(-c2cccc(Br)c2)nn1. The van der Waals surface area contributed by atoms with Crippen molar-refractivity contribution in [2.45, 2.75) is 11.8 Å².